The molecule has 2 aromatic rings. The number of nitrogens with zero attached hydrogens (tertiary/aromatic N) is 2. The van der Waals surface area contributed by atoms with E-state index < -0.39 is 0 Å². The average molecular weight is 412 g/mol. The Balaban J connectivity index is 1.54. The first-order valence-electron chi connectivity index (χ1n) is 12.8. The number of rotatable bonds is 17. The zero-order valence-electron chi connectivity index (χ0n) is 20.2. The zero-order chi connectivity index (χ0) is 21.4. The molecule has 1 aromatic heterocycles. The quantitative estimate of drug-likeness (QED) is 0.185. The molecule has 30 heavy (non-hydrogen) atoms. The molecule has 0 saturated carbocycles. The van der Waals surface area contributed by atoms with Gasteiger partial charge in [-0.15, -0.1) is 4.68 Å². The van der Waals surface area contributed by atoms with E-state index in [9.17, 15) is 0 Å². The van der Waals surface area contributed by atoms with Gasteiger partial charge in [0.15, 0.2) is 6.54 Å². The minimum absolute atomic E-state index is 0.971. The lowest BCUT2D eigenvalue weighted by Gasteiger charge is -2.07. The average Bonchev–Trinajstić information content (AvgIpc) is 3.01. The predicted octanol–water partition coefficient (Wildman–Crippen LogP) is 7.92. The van der Waals surface area contributed by atoms with Crippen LogP contribution in [-0.2, 0) is 13.1 Å². The summed E-state index contributed by atoms with van der Waals surface area (Å²) in [7, 11) is 0. The fraction of sp³-hybridized carbons (Fsp3) is 0.679. The molecule has 0 aliphatic heterocycles. The monoisotopic (exact) mass is 411 g/mol. The smallest absolute Gasteiger partial charge is 0.158 e. The Bertz CT molecular complexity index is 671. The lowest BCUT2D eigenvalue weighted by molar-refractivity contribution is -0.773. The summed E-state index contributed by atoms with van der Waals surface area (Å²) in [5.41, 5.74) is 4.13. The first-order chi connectivity index (χ1) is 14.7. The van der Waals surface area contributed by atoms with Crippen LogP contribution in [-0.4, -0.2) is 4.68 Å². The van der Waals surface area contributed by atoms with Gasteiger partial charge in [0.2, 0.25) is 5.69 Å². The zero-order valence-corrected chi connectivity index (χ0v) is 20.2. The van der Waals surface area contributed by atoms with Crippen LogP contribution in [0.3, 0.4) is 0 Å². The number of aromatic nitrogens is 2. The van der Waals surface area contributed by atoms with Gasteiger partial charge in [0, 0.05) is 18.6 Å². The molecule has 2 rings (SSSR count). The molecule has 1 aromatic carbocycles. The summed E-state index contributed by atoms with van der Waals surface area (Å²) in [4.78, 5) is 0. The largest absolute Gasteiger partial charge is 0.205 e. The van der Waals surface area contributed by atoms with Crippen molar-refractivity contribution in [3.05, 3.63) is 53.3 Å². The lowest BCUT2D eigenvalue weighted by atomic mass is 10.0. The van der Waals surface area contributed by atoms with E-state index in [0.717, 1.165) is 13.1 Å². The Kier molecular flexibility index (Phi) is 12.6. The van der Waals surface area contributed by atoms with E-state index in [1.807, 2.05) is 0 Å². The third kappa shape index (κ3) is 9.49. The summed E-state index contributed by atoms with van der Waals surface area (Å²) >= 11 is 0. The number of hydrogen-bond donors (Lipinski definition) is 0. The van der Waals surface area contributed by atoms with Gasteiger partial charge in [-0.25, -0.2) is 0 Å². The molecule has 0 atom stereocenters. The van der Waals surface area contributed by atoms with Gasteiger partial charge in [-0.1, -0.05) is 121 Å². The standard InChI is InChI=1S/C28H47N2/c1-4-5-6-7-8-9-10-11-12-13-14-15-16-20-23-29-26(2)24-27(3)30(29)25-28-21-18-17-19-22-28/h17-19,21-22,24H,4-16,20,23,25H2,1-3H3/q+1. The number of aryl methyl sites for hydroxylation is 2. The van der Waals surface area contributed by atoms with Gasteiger partial charge in [0.25, 0.3) is 0 Å². The summed E-state index contributed by atoms with van der Waals surface area (Å²) in [6.45, 7) is 8.89. The molecule has 168 valence electrons. The number of unbranched alkanes of at least 4 members (excludes halogenated alkanes) is 13. The van der Waals surface area contributed by atoms with Crippen LogP contribution in [0.1, 0.15) is 114 Å². The van der Waals surface area contributed by atoms with Gasteiger partial charge in [-0.2, -0.15) is 4.68 Å². The lowest BCUT2D eigenvalue weighted by Crippen LogP contribution is -2.46. The highest BCUT2D eigenvalue weighted by Gasteiger charge is 2.17. The van der Waals surface area contributed by atoms with Crippen molar-refractivity contribution < 1.29 is 4.68 Å². The second kappa shape index (κ2) is 15.3. The van der Waals surface area contributed by atoms with Crippen molar-refractivity contribution in [1.29, 1.82) is 0 Å². The molecule has 0 unspecified atom stereocenters. The van der Waals surface area contributed by atoms with E-state index in [4.69, 9.17) is 0 Å². The van der Waals surface area contributed by atoms with Gasteiger partial charge in [0.05, 0.1) is 12.2 Å². The van der Waals surface area contributed by atoms with Crippen LogP contribution in [0, 0.1) is 13.8 Å². The van der Waals surface area contributed by atoms with Crippen molar-refractivity contribution >= 4 is 0 Å². The molecule has 0 aliphatic carbocycles. The Morgan fingerprint density at radius 2 is 1.17 bits per heavy atom. The second-order valence-electron chi connectivity index (χ2n) is 9.19. The van der Waals surface area contributed by atoms with Crippen LogP contribution >= 0.6 is 0 Å². The van der Waals surface area contributed by atoms with Gasteiger partial charge < -0.3 is 0 Å². The minimum Gasteiger partial charge on any atom is -0.158 e. The first-order valence-corrected chi connectivity index (χ1v) is 12.8. The fourth-order valence-electron chi connectivity index (χ4n) is 4.55. The molecule has 0 amide bonds. The summed E-state index contributed by atoms with van der Waals surface area (Å²) in [5, 5.41) is 0. The van der Waals surface area contributed by atoms with Crippen molar-refractivity contribution in [3.8, 4) is 0 Å². The topological polar surface area (TPSA) is 8.81 Å². The van der Waals surface area contributed by atoms with Gasteiger partial charge in [0.1, 0.15) is 0 Å². The first kappa shape index (κ1) is 24.7. The normalized spacial score (nSPS) is 11.3. The van der Waals surface area contributed by atoms with Crippen molar-refractivity contribution in [3.63, 3.8) is 0 Å². The molecular formula is C28H47N2+. The van der Waals surface area contributed by atoms with E-state index in [1.165, 1.54) is 107 Å². The predicted molar refractivity (Wildman–Crippen MR) is 130 cm³/mol. The SMILES string of the molecule is CCCCCCCCCCCCCCCCn1c(C)cc(C)[n+]1Cc1ccccc1. The van der Waals surface area contributed by atoms with Gasteiger partial charge in [-0.05, 0) is 13.3 Å². The van der Waals surface area contributed by atoms with Crippen LogP contribution in [0.4, 0.5) is 0 Å². The second-order valence-corrected chi connectivity index (χ2v) is 9.19. The molecule has 0 bridgehead atoms. The summed E-state index contributed by atoms with van der Waals surface area (Å²) in [5.74, 6) is 0. The summed E-state index contributed by atoms with van der Waals surface area (Å²) in [6.07, 6.45) is 19.9. The van der Waals surface area contributed by atoms with Crippen molar-refractivity contribution in [1.82, 2.24) is 4.68 Å². The van der Waals surface area contributed by atoms with Crippen LogP contribution in [0.15, 0.2) is 36.4 Å². The maximum absolute atomic E-state index is 2.49. The minimum atomic E-state index is 0.971. The molecule has 0 aliphatic rings. The van der Waals surface area contributed by atoms with Crippen LogP contribution in [0.2, 0.25) is 0 Å². The maximum atomic E-state index is 2.49. The van der Waals surface area contributed by atoms with Crippen LogP contribution in [0.5, 0.6) is 0 Å². The van der Waals surface area contributed by atoms with Gasteiger partial charge >= 0.3 is 0 Å². The molecule has 1 heterocycles. The van der Waals surface area contributed by atoms with E-state index in [0.29, 0.717) is 0 Å². The third-order valence-corrected chi connectivity index (χ3v) is 6.42. The van der Waals surface area contributed by atoms with Crippen molar-refractivity contribution in [2.45, 2.75) is 124 Å². The fourth-order valence-corrected chi connectivity index (χ4v) is 4.55. The Hall–Kier alpha value is -1.57. The molecule has 2 heteroatoms. The van der Waals surface area contributed by atoms with Crippen molar-refractivity contribution in [2.24, 2.45) is 0 Å². The Morgan fingerprint density at radius 3 is 1.70 bits per heavy atom. The van der Waals surface area contributed by atoms with Crippen LogP contribution in [0.25, 0.3) is 0 Å². The highest BCUT2D eigenvalue weighted by Crippen LogP contribution is 2.13. The highest BCUT2D eigenvalue weighted by molar-refractivity contribution is 5.13. The maximum Gasteiger partial charge on any atom is 0.205 e. The molecule has 0 N–H and O–H groups in total. The molecular weight excluding hydrogens is 364 g/mol. The number of hydrogen-bond acceptors (Lipinski definition) is 0. The van der Waals surface area contributed by atoms with E-state index in [-0.39, 0.29) is 0 Å². The van der Waals surface area contributed by atoms with E-state index in [1.54, 1.807) is 0 Å². The molecule has 0 radical (unpaired) electrons. The summed E-state index contributed by atoms with van der Waals surface area (Å²) < 4.78 is 4.94. The molecule has 0 fully saturated rings. The summed E-state index contributed by atoms with van der Waals surface area (Å²) in [6, 6.07) is 13.2. The van der Waals surface area contributed by atoms with Gasteiger partial charge in [-0.3, -0.25) is 0 Å². The molecule has 0 spiro atoms. The highest BCUT2D eigenvalue weighted by atomic mass is 15.4. The van der Waals surface area contributed by atoms with Crippen LogP contribution < -0.4 is 4.68 Å². The van der Waals surface area contributed by atoms with E-state index in [2.05, 4.69) is 66.5 Å². The Labute approximate surface area is 186 Å². The third-order valence-electron chi connectivity index (χ3n) is 6.42. The molecule has 2 nitrogen and oxygen atoms in total. The molecule has 0 saturated heterocycles. The van der Waals surface area contributed by atoms with Crippen molar-refractivity contribution in [2.75, 3.05) is 0 Å². The Morgan fingerprint density at radius 1 is 0.667 bits per heavy atom. The van der Waals surface area contributed by atoms with E-state index >= 15 is 0 Å². The number of benzene rings is 1.